The van der Waals surface area contributed by atoms with E-state index in [0.29, 0.717) is 6.54 Å². The van der Waals surface area contributed by atoms with Crippen LogP contribution >= 0.6 is 0 Å². The van der Waals surface area contributed by atoms with Crippen molar-refractivity contribution >= 4 is 5.91 Å². The van der Waals surface area contributed by atoms with Gasteiger partial charge in [-0.2, -0.15) is 0 Å². The molecule has 0 N–H and O–H groups in total. The molecule has 1 spiro atoms. The molecule has 1 amide bonds. The average molecular weight is 288 g/mol. The van der Waals surface area contributed by atoms with Crippen LogP contribution in [0.2, 0.25) is 0 Å². The lowest BCUT2D eigenvalue weighted by Gasteiger charge is -2.47. The van der Waals surface area contributed by atoms with Crippen LogP contribution in [0, 0.1) is 0 Å². The summed E-state index contributed by atoms with van der Waals surface area (Å²) in [5, 5.41) is 0. The number of carbonyl (C=O) groups excluding carboxylic acids is 1. The number of likely N-dealkylation sites (tertiary alicyclic amines) is 1. The Labute approximate surface area is 126 Å². The fraction of sp³-hybridized carbons (Fsp3) is 0.588. The molecule has 4 heteroatoms. The molecule has 2 aliphatic heterocycles. The van der Waals surface area contributed by atoms with Gasteiger partial charge in [0.05, 0.1) is 12.1 Å². The van der Waals surface area contributed by atoms with E-state index in [1.54, 1.807) is 0 Å². The molecule has 0 aromatic heterocycles. The van der Waals surface area contributed by atoms with Gasteiger partial charge in [0.1, 0.15) is 6.61 Å². The van der Waals surface area contributed by atoms with Crippen molar-refractivity contribution in [3.63, 3.8) is 0 Å². The highest BCUT2D eigenvalue weighted by Gasteiger charge is 2.41. The monoisotopic (exact) mass is 288 g/mol. The van der Waals surface area contributed by atoms with Gasteiger partial charge in [-0.3, -0.25) is 4.79 Å². The Hall–Kier alpha value is -1.39. The summed E-state index contributed by atoms with van der Waals surface area (Å²) < 4.78 is 5.96. The van der Waals surface area contributed by atoms with Gasteiger partial charge in [-0.25, -0.2) is 0 Å². The van der Waals surface area contributed by atoms with E-state index in [2.05, 4.69) is 24.0 Å². The van der Waals surface area contributed by atoms with Crippen LogP contribution in [0.1, 0.15) is 25.3 Å². The van der Waals surface area contributed by atoms with E-state index in [1.165, 1.54) is 5.56 Å². The van der Waals surface area contributed by atoms with Crippen LogP contribution in [0.3, 0.4) is 0 Å². The number of piperidine rings is 1. The summed E-state index contributed by atoms with van der Waals surface area (Å²) in [7, 11) is 0. The van der Waals surface area contributed by atoms with Crippen molar-refractivity contribution in [3.05, 3.63) is 35.9 Å². The average Bonchev–Trinajstić information content (AvgIpc) is 2.53. The first-order valence-electron chi connectivity index (χ1n) is 7.89. The second kappa shape index (κ2) is 6.16. The summed E-state index contributed by atoms with van der Waals surface area (Å²) in [6.45, 7) is 7.11. The number of ether oxygens (including phenoxy) is 1. The lowest BCUT2D eigenvalue weighted by Crippen LogP contribution is -2.58. The fourth-order valence-electron chi connectivity index (χ4n) is 3.31. The summed E-state index contributed by atoms with van der Waals surface area (Å²) in [5.41, 5.74) is 1.07. The first kappa shape index (κ1) is 14.5. The summed E-state index contributed by atoms with van der Waals surface area (Å²) in [6.07, 6.45) is 2.05. The first-order chi connectivity index (χ1) is 10.2. The molecule has 2 fully saturated rings. The smallest absolute Gasteiger partial charge is 0.248 e. The Morgan fingerprint density at radius 2 is 1.90 bits per heavy atom. The summed E-state index contributed by atoms with van der Waals surface area (Å²) in [4.78, 5) is 16.6. The fourth-order valence-corrected chi connectivity index (χ4v) is 3.31. The molecule has 2 saturated heterocycles. The zero-order valence-corrected chi connectivity index (χ0v) is 12.8. The number of morpholine rings is 1. The molecule has 2 aliphatic rings. The second-order valence-corrected chi connectivity index (χ2v) is 6.14. The van der Waals surface area contributed by atoms with E-state index >= 15 is 0 Å². The molecule has 0 radical (unpaired) electrons. The molecule has 0 saturated carbocycles. The van der Waals surface area contributed by atoms with Gasteiger partial charge in [0.25, 0.3) is 0 Å². The van der Waals surface area contributed by atoms with Gasteiger partial charge in [0.2, 0.25) is 5.91 Å². The predicted octanol–water partition coefficient (Wildman–Crippen LogP) is 1.90. The molecular weight excluding hydrogens is 264 g/mol. The molecule has 3 rings (SSSR count). The van der Waals surface area contributed by atoms with Gasteiger partial charge in [0.15, 0.2) is 0 Å². The molecule has 2 heterocycles. The second-order valence-electron chi connectivity index (χ2n) is 6.14. The normalized spacial score (nSPS) is 22.7. The van der Waals surface area contributed by atoms with Gasteiger partial charge >= 0.3 is 0 Å². The van der Waals surface area contributed by atoms with Gasteiger partial charge in [-0.15, -0.1) is 0 Å². The maximum absolute atomic E-state index is 12.1. The van der Waals surface area contributed by atoms with Crippen LogP contribution in [-0.4, -0.2) is 54.1 Å². The number of hydrogen-bond donors (Lipinski definition) is 0. The number of amides is 1. The molecule has 0 aliphatic carbocycles. The number of benzene rings is 1. The molecule has 1 aromatic rings. The van der Waals surface area contributed by atoms with Crippen LogP contribution in [0.15, 0.2) is 30.3 Å². The maximum Gasteiger partial charge on any atom is 0.248 e. The van der Waals surface area contributed by atoms with E-state index in [-0.39, 0.29) is 18.1 Å². The summed E-state index contributed by atoms with van der Waals surface area (Å²) in [6, 6.07) is 10.2. The van der Waals surface area contributed by atoms with Crippen molar-refractivity contribution in [2.75, 3.05) is 32.8 Å². The highest BCUT2D eigenvalue weighted by molar-refractivity contribution is 5.78. The van der Waals surface area contributed by atoms with Gasteiger partial charge < -0.3 is 14.5 Å². The number of hydrogen-bond acceptors (Lipinski definition) is 3. The Bertz CT molecular complexity index is 481. The summed E-state index contributed by atoms with van der Waals surface area (Å²) >= 11 is 0. The molecular formula is C17H24N2O2. The summed E-state index contributed by atoms with van der Waals surface area (Å²) in [5.74, 6) is 0.113. The van der Waals surface area contributed by atoms with Crippen molar-refractivity contribution in [2.45, 2.75) is 31.9 Å². The van der Waals surface area contributed by atoms with E-state index in [1.807, 2.05) is 23.1 Å². The Kier molecular flexibility index (Phi) is 4.27. The Morgan fingerprint density at radius 1 is 1.19 bits per heavy atom. The highest BCUT2D eigenvalue weighted by Crippen LogP contribution is 2.31. The van der Waals surface area contributed by atoms with Crippen molar-refractivity contribution in [3.8, 4) is 0 Å². The molecule has 1 aromatic carbocycles. The zero-order valence-electron chi connectivity index (χ0n) is 12.8. The minimum Gasteiger partial charge on any atom is -0.363 e. The zero-order chi connectivity index (χ0) is 14.7. The van der Waals surface area contributed by atoms with Crippen LogP contribution < -0.4 is 0 Å². The number of rotatable bonds is 3. The van der Waals surface area contributed by atoms with Crippen molar-refractivity contribution in [2.24, 2.45) is 0 Å². The van der Waals surface area contributed by atoms with Crippen LogP contribution in [-0.2, 0) is 16.1 Å². The molecule has 114 valence electrons. The van der Waals surface area contributed by atoms with Crippen molar-refractivity contribution < 1.29 is 9.53 Å². The van der Waals surface area contributed by atoms with Crippen molar-refractivity contribution in [1.82, 2.24) is 9.80 Å². The third-order valence-corrected chi connectivity index (χ3v) is 4.76. The van der Waals surface area contributed by atoms with E-state index in [0.717, 1.165) is 39.0 Å². The Morgan fingerprint density at radius 3 is 2.57 bits per heavy atom. The minimum absolute atomic E-state index is 0.113. The lowest BCUT2D eigenvalue weighted by atomic mass is 9.89. The lowest BCUT2D eigenvalue weighted by molar-refractivity contribution is -0.172. The third-order valence-electron chi connectivity index (χ3n) is 4.76. The van der Waals surface area contributed by atoms with E-state index in [9.17, 15) is 4.79 Å². The molecule has 0 atom stereocenters. The quantitative estimate of drug-likeness (QED) is 0.851. The maximum atomic E-state index is 12.1. The van der Waals surface area contributed by atoms with Gasteiger partial charge in [-0.05, 0) is 24.9 Å². The molecule has 0 bridgehead atoms. The van der Waals surface area contributed by atoms with Gasteiger partial charge in [0, 0.05) is 19.6 Å². The SMILES string of the molecule is CCN1CCC2(CC1)CN(Cc1ccccc1)C(=O)CO2. The van der Waals surface area contributed by atoms with Crippen molar-refractivity contribution in [1.29, 1.82) is 0 Å². The number of nitrogens with zero attached hydrogens (tertiary/aromatic N) is 2. The standard InChI is InChI=1S/C17H24N2O2/c1-2-18-10-8-17(9-11-18)14-19(16(20)13-21-17)12-15-6-4-3-5-7-15/h3-7H,2,8-14H2,1H3. The van der Waals surface area contributed by atoms with Gasteiger partial charge in [-0.1, -0.05) is 37.3 Å². The topological polar surface area (TPSA) is 32.8 Å². The number of carbonyl (C=O) groups is 1. The highest BCUT2D eigenvalue weighted by atomic mass is 16.5. The minimum atomic E-state index is -0.117. The van der Waals surface area contributed by atoms with E-state index in [4.69, 9.17) is 4.74 Å². The predicted molar refractivity (Wildman–Crippen MR) is 81.9 cm³/mol. The van der Waals surface area contributed by atoms with E-state index < -0.39 is 0 Å². The van der Waals surface area contributed by atoms with Crippen LogP contribution in [0.25, 0.3) is 0 Å². The molecule has 4 nitrogen and oxygen atoms in total. The largest absolute Gasteiger partial charge is 0.363 e. The third kappa shape index (κ3) is 3.27. The Balaban J connectivity index is 1.66. The molecule has 0 unspecified atom stereocenters. The van der Waals surface area contributed by atoms with Crippen LogP contribution in [0.5, 0.6) is 0 Å². The molecule has 21 heavy (non-hydrogen) atoms. The van der Waals surface area contributed by atoms with Crippen LogP contribution in [0.4, 0.5) is 0 Å². The first-order valence-corrected chi connectivity index (χ1v) is 7.89.